The van der Waals surface area contributed by atoms with Crippen molar-refractivity contribution in [1.29, 1.82) is 0 Å². The van der Waals surface area contributed by atoms with Crippen LogP contribution < -0.4 is 5.73 Å². The number of hydrogen-bond donors (Lipinski definition) is 1. The van der Waals surface area contributed by atoms with Crippen LogP contribution in [0.3, 0.4) is 0 Å². The molecular weight excluding hydrogens is 218 g/mol. The van der Waals surface area contributed by atoms with Gasteiger partial charge in [-0.1, -0.05) is 6.92 Å². The molecule has 1 aliphatic carbocycles. The van der Waals surface area contributed by atoms with Gasteiger partial charge in [0.1, 0.15) is 5.78 Å². The molecule has 1 saturated carbocycles. The minimum absolute atomic E-state index is 0.224. The standard InChI is InChI=1S/C13H19NOS/c1-2-11-5-6-12(16-11)8-13(15)9-3-4-10(14)7-9/h5-6,9-10H,2-4,7-8,14H2,1H3. The molecule has 0 amide bonds. The van der Waals surface area contributed by atoms with E-state index in [1.54, 1.807) is 11.3 Å². The Kier molecular flexibility index (Phi) is 3.77. The van der Waals surface area contributed by atoms with E-state index in [0.29, 0.717) is 12.2 Å². The molecule has 1 aliphatic rings. The molecule has 0 aromatic carbocycles. The average Bonchev–Trinajstić information content (AvgIpc) is 2.87. The van der Waals surface area contributed by atoms with Gasteiger partial charge in [0.05, 0.1) is 0 Å². The molecule has 1 heterocycles. The van der Waals surface area contributed by atoms with Crippen LogP contribution in [-0.4, -0.2) is 11.8 Å². The molecule has 2 rings (SSSR count). The zero-order chi connectivity index (χ0) is 11.5. The minimum Gasteiger partial charge on any atom is -0.328 e. The summed E-state index contributed by atoms with van der Waals surface area (Å²) >= 11 is 1.77. The Morgan fingerprint density at radius 1 is 1.44 bits per heavy atom. The largest absolute Gasteiger partial charge is 0.328 e. The van der Waals surface area contributed by atoms with Crippen molar-refractivity contribution in [3.63, 3.8) is 0 Å². The molecule has 0 bridgehead atoms. The quantitative estimate of drug-likeness (QED) is 0.874. The van der Waals surface area contributed by atoms with Crippen molar-refractivity contribution in [2.75, 3.05) is 0 Å². The van der Waals surface area contributed by atoms with Gasteiger partial charge in [-0.3, -0.25) is 4.79 Å². The Labute approximate surface area is 101 Å². The first-order valence-corrected chi connectivity index (χ1v) is 6.86. The van der Waals surface area contributed by atoms with Gasteiger partial charge in [-0.2, -0.15) is 0 Å². The predicted octanol–water partition coefficient (Wildman–Crippen LogP) is 2.55. The first kappa shape index (κ1) is 11.8. The number of carbonyl (C=O) groups excluding carboxylic acids is 1. The second-order valence-electron chi connectivity index (χ2n) is 4.63. The van der Waals surface area contributed by atoms with Crippen LogP contribution in [0.4, 0.5) is 0 Å². The number of aryl methyl sites for hydroxylation is 1. The van der Waals surface area contributed by atoms with Gasteiger partial charge in [0.25, 0.3) is 0 Å². The smallest absolute Gasteiger partial charge is 0.141 e. The zero-order valence-corrected chi connectivity index (χ0v) is 10.6. The maximum Gasteiger partial charge on any atom is 0.141 e. The van der Waals surface area contributed by atoms with Crippen LogP contribution in [0.15, 0.2) is 12.1 Å². The number of thiophene rings is 1. The van der Waals surface area contributed by atoms with Gasteiger partial charge in [-0.25, -0.2) is 0 Å². The van der Waals surface area contributed by atoms with E-state index < -0.39 is 0 Å². The Bertz CT molecular complexity index is 372. The molecule has 16 heavy (non-hydrogen) atoms. The summed E-state index contributed by atoms with van der Waals surface area (Å²) in [7, 11) is 0. The number of carbonyl (C=O) groups is 1. The highest BCUT2D eigenvalue weighted by atomic mass is 32.1. The second kappa shape index (κ2) is 5.11. The summed E-state index contributed by atoms with van der Waals surface area (Å²) < 4.78 is 0. The summed E-state index contributed by atoms with van der Waals surface area (Å²) in [5.41, 5.74) is 5.83. The topological polar surface area (TPSA) is 43.1 Å². The summed E-state index contributed by atoms with van der Waals surface area (Å²) in [4.78, 5) is 14.6. The Balaban J connectivity index is 1.91. The van der Waals surface area contributed by atoms with E-state index in [-0.39, 0.29) is 12.0 Å². The third kappa shape index (κ3) is 2.71. The van der Waals surface area contributed by atoms with Crippen molar-refractivity contribution >= 4 is 17.1 Å². The molecule has 0 radical (unpaired) electrons. The van der Waals surface area contributed by atoms with Crippen LogP contribution in [0.25, 0.3) is 0 Å². The SMILES string of the molecule is CCc1ccc(CC(=O)C2CCC(N)C2)s1. The van der Waals surface area contributed by atoms with Crippen molar-refractivity contribution in [2.45, 2.75) is 45.1 Å². The molecule has 88 valence electrons. The predicted molar refractivity (Wildman–Crippen MR) is 67.7 cm³/mol. The second-order valence-corrected chi connectivity index (χ2v) is 5.89. The molecule has 1 aromatic rings. The summed E-state index contributed by atoms with van der Waals surface area (Å²) in [5, 5.41) is 0. The van der Waals surface area contributed by atoms with E-state index in [1.165, 1.54) is 9.75 Å². The summed E-state index contributed by atoms with van der Waals surface area (Å²) in [6.45, 7) is 2.15. The molecule has 2 N–H and O–H groups in total. The Morgan fingerprint density at radius 2 is 2.19 bits per heavy atom. The van der Waals surface area contributed by atoms with Gasteiger partial charge in [0.2, 0.25) is 0 Å². The molecular formula is C13H19NOS. The molecule has 2 nitrogen and oxygen atoms in total. The van der Waals surface area contributed by atoms with Gasteiger partial charge in [-0.15, -0.1) is 11.3 Å². The van der Waals surface area contributed by atoms with Crippen molar-refractivity contribution in [3.05, 3.63) is 21.9 Å². The average molecular weight is 237 g/mol. The lowest BCUT2D eigenvalue weighted by Crippen LogP contribution is -2.18. The number of nitrogens with two attached hydrogens (primary N) is 1. The van der Waals surface area contributed by atoms with Crippen molar-refractivity contribution in [1.82, 2.24) is 0 Å². The van der Waals surface area contributed by atoms with Gasteiger partial charge >= 0.3 is 0 Å². The fraction of sp³-hybridized carbons (Fsp3) is 0.615. The molecule has 2 atom stereocenters. The first-order chi connectivity index (χ1) is 7.69. The molecule has 0 spiro atoms. The van der Waals surface area contributed by atoms with Gasteiger partial charge in [0, 0.05) is 28.1 Å². The van der Waals surface area contributed by atoms with E-state index in [2.05, 4.69) is 19.1 Å². The lowest BCUT2D eigenvalue weighted by Gasteiger charge is -2.06. The highest BCUT2D eigenvalue weighted by Crippen LogP contribution is 2.27. The fourth-order valence-electron chi connectivity index (χ4n) is 2.33. The van der Waals surface area contributed by atoms with E-state index in [1.807, 2.05) is 0 Å². The molecule has 2 unspecified atom stereocenters. The van der Waals surface area contributed by atoms with Gasteiger partial charge < -0.3 is 5.73 Å². The van der Waals surface area contributed by atoms with Crippen molar-refractivity contribution in [2.24, 2.45) is 11.7 Å². The van der Waals surface area contributed by atoms with Crippen molar-refractivity contribution < 1.29 is 4.79 Å². The number of hydrogen-bond acceptors (Lipinski definition) is 3. The Morgan fingerprint density at radius 3 is 2.75 bits per heavy atom. The normalized spacial score (nSPS) is 24.9. The third-order valence-electron chi connectivity index (χ3n) is 3.34. The fourth-order valence-corrected chi connectivity index (χ4v) is 3.30. The molecule has 0 aliphatic heterocycles. The van der Waals surface area contributed by atoms with Crippen LogP contribution in [0.5, 0.6) is 0 Å². The van der Waals surface area contributed by atoms with Crippen LogP contribution in [0.2, 0.25) is 0 Å². The summed E-state index contributed by atoms with van der Waals surface area (Å²) in [6.07, 6.45) is 4.58. The highest BCUT2D eigenvalue weighted by Gasteiger charge is 2.27. The number of ketones is 1. The molecule has 3 heteroatoms. The summed E-state index contributed by atoms with van der Waals surface area (Å²) in [6, 6.07) is 4.48. The van der Waals surface area contributed by atoms with Crippen LogP contribution in [0.1, 0.15) is 35.9 Å². The van der Waals surface area contributed by atoms with E-state index in [4.69, 9.17) is 5.73 Å². The van der Waals surface area contributed by atoms with E-state index >= 15 is 0 Å². The summed E-state index contributed by atoms with van der Waals surface area (Å²) in [5.74, 6) is 0.611. The minimum atomic E-state index is 0.224. The third-order valence-corrected chi connectivity index (χ3v) is 4.57. The molecule has 1 fully saturated rings. The lowest BCUT2D eigenvalue weighted by molar-refractivity contribution is -0.122. The van der Waals surface area contributed by atoms with E-state index in [0.717, 1.165) is 25.7 Å². The maximum absolute atomic E-state index is 12.0. The lowest BCUT2D eigenvalue weighted by atomic mass is 9.99. The van der Waals surface area contributed by atoms with Crippen LogP contribution in [-0.2, 0) is 17.6 Å². The molecule has 1 aromatic heterocycles. The van der Waals surface area contributed by atoms with Crippen molar-refractivity contribution in [3.8, 4) is 0 Å². The number of Topliss-reactive ketones (excluding diaryl/α,β-unsaturated/α-hetero) is 1. The molecule has 0 saturated heterocycles. The maximum atomic E-state index is 12.0. The zero-order valence-electron chi connectivity index (χ0n) is 9.74. The van der Waals surface area contributed by atoms with E-state index in [9.17, 15) is 4.79 Å². The highest BCUT2D eigenvalue weighted by molar-refractivity contribution is 7.12. The van der Waals surface area contributed by atoms with Gasteiger partial charge in [0.15, 0.2) is 0 Å². The van der Waals surface area contributed by atoms with Crippen LogP contribution >= 0.6 is 11.3 Å². The van der Waals surface area contributed by atoms with Crippen LogP contribution in [0, 0.1) is 5.92 Å². The monoisotopic (exact) mass is 237 g/mol. The van der Waals surface area contributed by atoms with Gasteiger partial charge in [-0.05, 0) is 37.8 Å². The Hall–Kier alpha value is -0.670. The number of rotatable bonds is 4. The first-order valence-electron chi connectivity index (χ1n) is 6.05.